The summed E-state index contributed by atoms with van der Waals surface area (Å²) in [5, 5.41) is 3.37. The molecule has 0 spiro atoms. The van der Waals surface area contributed by atoms with Crippen molar-refractivity contribution in [2.45, 2.75) is 13.5 Å². The minimum absolute atomic E-state index is 0.149. The molecule has 3 rings (SSSR count). The van der Waals surface area contributed by atoms with Crippen molar-refractivity contribution in [2.24, 2.45) is 0 Å². The Balaban J connectivity index is 1.76. The number of nitrogens with one attached hydrogen (secondary N) is 1. The molecule has 0 atom stereocenters. The lowest BCUT2D eigenvalue weighted by molar-refractivity contribution is -0.116. The van der Waals surface area contributed by atoms with Crippen LogP contribution in [0.1, 0.15) is 5.56 Å². The van der Waals surface area contributed by atoms with Gasteiger partial charge in [0, 0.05) is 16.7 Å². The second-order valence-corrected chi connectivity index (χ2v) is 6.44. The third-order valence-electron chi connectivity index (χ3n) is 3.96. The van der Waals surface area contributed by atoms with E-state index in [9.17, 15) is 9.59 Å². The highest BCUT2D eigenvalue weighted by molar-refractivity contribution is 6.30. The lowest BCUT2D eigenvalue weighted by Crippen LogP contribution is -2.27. The van der Waals surface area contributed by atoms with E-state index in [0.29, 0.717) is 22.2 Å². The largest absolute Gasteiger partial charge is 0.495 e. The Morgan fingerprint density at radius 2 is 1.93 bits per heavy atom. The lowest BCUT2D eigenvalue weighted by Gasteiger charge is -2.12. The number of nitrogens with zero attached hydrogens (tertiary/aromatic N) is 2. The summed E-state index contributed by atoms with van der Waals surface area (Å²) in [5.41, 5.74) is 2.52. The van der Waals surface area contributed by atoms with Crippen molar-refractivity contribution in [1.29, 1.82) is 0 Å². The number of anilines is 1. The Labute approximate surface area is 161 Å². The second-order valence-electron chi connectivity index (χ2n) is 6.00. The highest BCUT2D eigenvalue weighted by Gasteiger charge is 2.10. The fourth-order valence-corrected chi connectivity index (χ4v) is 2.71. The van der Waals surface area contributed by atoms with Gasteiger partial charge in [0.1, 0.15) is 12.3 Å². The van der Waals surface area contributed by atoms with Crippen LogP contribution in [0, 0.1) is 6.92 Å². The quantitative estimate of drug-likeness (QED) is 0.731. The molecule has 0 unspecified atom stereocenters. The van der Waals surface area contributed by atoms with Crippen LogP contribution in [0.3, 0.4) is 0 Å². The van der Waals surface area contributed by atoms with E-state index in [1.807, 2.05) is 13.0 Å². The fraction of sp³-hybridized carbons (Fsp3) is 0.150. The smallest absolute Gasteiger partial charge is 0.254 e. The second kappa shape index (κ2) is 8.05. The first-order valence-corrected chi connectivity index (χ1v) is 8.61. The summed E-state index contributed by atoms with van der Waals surface area (Å²) < 4.78 is 6.49. The van der Waals surface area contributed by atoms with Gasteiger partial charge in [-0.3, -0.25) is 14.2 Å². The van der Waals surface area contributed by atoms with Gasteiger partial charge in [0.2, 0.25) is 5.91 Å². The highest BCUT2D eigenvalue weighted by Crippen LogP contribution is 2.25. The summed E-state index contributed by atoms with van der Waals surface area (Å²) in [6.45, 7) is 1.77. The minimum Gasteiger partial charge on any atom is -0.495 e. The van der Waals surface area contributed by atoms with Crippen LogP contribution < -0.4 is 15.6 Å². The van der Waals surface area contributed by atoms with Gasteiger partial charge < -0.3 is 10.1 Å². The molecule has 1 heterocycles. The lowest BCUT2D eigenvalue weighted by atomic mass is 10.1. The van der Waals surface area contributed by atoms with Gasteiger partial charge in [-0.05, 0) is 36.8 Å². The summed E-state index contributed by atoms with van der Waals surface area (Å²) in [4.78, 5) is 28.9. The zero-order valence-corrected chi connectivity index (χ0v) is 15.7. The molecule has 0 bridgehead atoms. The number of hydrogen-bond acceptors (Lipinski definition) is 4. The Morgan fingerprint density at radius 1 is 1.19 bits per heavy atom. The maximum absolute atomic E-state index is 12.3. The van der Waals surface area contributed by atoms with Crippen LogP contribution in [0.4, 0.5) is 5.69 Å². The van der Waals surface area contributed by atoms with Gasteiger partial charge in [0.15, 0.2) is 0 Å². The molecule has 0 saturated heterocycles. The predicted molar refractivity (Wildman–Crippen MR) is 105 cm³/mol. The van der Waals surface area contributed by atoms with Crippen LogP contribution in [0.2, 0.25) is 5.02 Å². The number of benzene rings is 2. The summed E-state index contributed by atoms with van der Waals surface area (Å²) in [6, 6.07) is 13.9. The molecule has 1 amide bonds. The van der Waals surface area contributed by atoms with Gasteiger partial charge in [0.25, 0.3) is 5.56 Å². The van der Waals surface area contributed by atoms with Crippen LogP contribution in [0.25, 0.3) is 11.3 Å². The normalized spacial score (nSPS) is 10.5. The van der Waals surface area contributed by atoms with Crippen molar-refractivity contribution in [2.75, 3.05) is 12.4 Å². The van der Waals surface area contributed by atoms with Crippen LogP contribution >= 0.6 is 11.6 Å². The first kappa shape index (κ1) is 18.7. The van der Waals surface area contributed by atoms with Crippen molar-refractivity contribution < 1.29 is 9.53 Å². The number of rotatable bonds is 5. The SMILES string of the molecule is COc1ccc(C)cc1NC(=O)Cn1cnc(-c2ccc(Cl)cc2)cc1=O. The third-order valence-corrected chi connectivity index (χ3v) is 4.21. The van der Waals surface area contributed by atoms with Crippen molar-refractivity contribution in [3.05, 3.63) is 75.8 Å². The summed E-state index contributed by atoms with van der Waals surface area (Å²) in [6.07, 6.45) is 1.36. The monoisotopic (exact) mass is 383 g/mol. The number of aryl methyl sites for hydroxylation is 1. The van der Waals surface area contributed by atoms with E-state index in [-0.39, 0.29) is 18.0 Å². The summed E-state index contributed by atoms with van der Waals surface area (Å²) in [5.74, 6) is 0.208. The number of halogens is 1. The Hall–Kier alpha value is -3.12. The molecule has 1 aromatic heterocycles. The maximum Gasteiger partial charge on any atom is 0.254 e. The number of hydrogen-bond donors (Lipinski definition) is 1. The van der Waals surface area contributed by atoms with Gasteiger partial charge in [-0.2, -0.15) is 0 Å². The first-order chi connectivity index (χ1) is 13.0. The molecule has 3 aromatic rings. The molecule has 0 radical (unpaired) electrons. The Kier molecular flexibility index (Phi) is 5.57. The molecule has 0 aliphatic rings. The van der Waals surface area contributed by atoms with E-state index in [1.165, 1.54) is 24.1 Å². The van der Waals surface area contributed by atoms with Gasteiger partial charge >= 0.3 is 0 Å². The zero-order valence-electron chi connectivity index (χ0n) is 14.9. The van der Waals surface area contributed by atoms with Crippen LogP contribution in [-0.4, -0.2) is 22.6 Å². The molecule has 1 N–H and O–H groups in total. The summed E-state index contributed by atoms with van der Waals surface area (Å²) >= 11 is 5.87. The standard InChI is InChI=1S/C20H18ClN3O3/c1-13-3-8-18(27-2)17(9-13)23-19(25)11-24-12-22-16(10-20(24)26)14-4-6-15(21)7-5-14/h3-10,12H,11H2,1-2H3,(H,23,25). The molecule has 0 saturated carbocycles. The molecule has 138 valence electrons. The number of amides is 1. The molecule has 0 fully saturated rings. The van der Waals surface area contributed by atoms with E-state index in [1.54, 1.807) is 36.4 Å². The molecule has 6 nitrogen and oxygen atoms in total. The number of carbonyl (C=O) groups excluding carboxylic acids is 1. The Bertz CT molecular complexity index is 1030. The number of aromatic nitrogens is 2. The van der Waals surface area contributed by atoms with E-state index < -0.39 is 0 Å². The van der Waals surface area contributed by atoms with Crippen molar-refractivity contribution in [3.63, 3.8) is 0 Å². The van der Waals surface area contributed by atoms with E-state index in [4.69, 9.17) is 16.3 Å². The van der Waals surface area contributed by atoms with Crippen LogP contribution in [0.15, 0.2) is 59.7 Å². The maximum atomic E-state index is 12.3. The van der Waals surface area contributed by atoms with E-state index >= 15 is 0 Å². The van der Waals surface area contributed by atoms with Gasteiger partial charge in [-0.25, -0.2) is 4.98 Å². The molecule has 7 heteroatoms. The topological polar surface area (TPSA) is 73.2 Å². The van der Waals surface area contributed by atoms with E-state index in [0.717, 1.165) is 11.1 Å². The van der Waals surface area contributed by atoms with Crippen molar-refractivity contribution in [1.82, 2.24) is 9.55 Å². The molecule has 2 aromatic carbocycles. The van der Waals surface area contributed by atoms with Crippen molar-refractivity contribution in [3.8, 4) is 17.0 Å². The van der Waals surface area contributed by atoms with Gasteiger partial charge in [0.05, 0.1) is 24.8 Å². The van der Waals surface area contributed by atoms with Gasteiger partial charge in [-0.15, -0.1) is 0 Å². The molecular weight excluding hydrogens is 366 g/mol. The van der Waals surface area contributed by atoms with Crippen LogP contribution in [-0.2, 0) is 11.3 Å². The molecular formula is C20H18ClN3O3. The third kappa shape index (κ3) is 4.54. The van der Waals surface area contributed by atoms with E-state index in [2.05, 4.69) is 10.3 Å². The predicted octanol–water partition coefficient (Wildman–Crippen LogP) is 3.52. The fourth-order valence-electron chi connectivity index (χ4n) is 2.59. The van der Waals surface area contributed by atoms with Gasteiger partial charge in [-0.1, -0.05) is 29.8 Å². The number of methoxy groups -OCH3 is 1. The van der Waals surface area contributed by atoms with Crippen LogP contribution in [0.5, 0.6) is 5.75 Å². The molecule has 0 aliphatic heterocycles. The highest BCUT2D eigenvalue weighted by atomic mass is 35.5. The Morgan fingerprint density at radius 3 is 2.59 bits per heavy atom. The summed E-state index contributed by atoms with van der Waals surface area (Å²) in [7, 11) is 1.53. The first-order valence-electron chi connectivity index (χ1n) is 8.23. The average molecular weight is 384 g/mol. The number of ether oxygens (including phenoxy) is 1. The minimum atomic E-state index is -0.345. The van der Waals surface area contributed by atoms with Crippen molar-refractivity contribution >= 4 is 23.2 Å². The molecule has 27 heavy (non-hydrogen) atoms. The number of carbonyl (C=O) groups is 1. The average Bonchev–Trinajstić information content (AvgIpc) is 2.64. The zero-order chi connectivity index (χ0) is 19.4. The molecule has 0 aliphatic carbocycles.